The Balaban J connectivity index is 1.64. The van der Waals surface area contributed by atoms with E-state index >= 15 is 0 Å². The summed E-state index contributed by atoms with van der Waals surface area (Å²) in [5.74, 6) is -0.767. The van der Waals surface area contributed by atoms with Crippen LogP contribution in [0.1, 0.15) is 22.0 Å². The second kappa shape index (κ2) is 8.05. The van der Waals surface area contributed by atoms with Gasteiger partial charge in [-0.15, -0.1) is 11.3 Å². The summed E-state index contributed by atoms with van der Waals surface area (Å²) < 4.78 is 11.1. The minimum atomic E-state index is -0.850. The Hall–Kier alpha value is -3.78. The Kier molecular flexibility index (Phi) is 5.07. The van der Waals surface area contributed by atoms with Crippen LogP contribution in [0.2, 0.25) is 0 Å². The minimum absolute atomic E-state index is 0.00328. The fraction of sp³-hybridized carbons (Fsp3) is 0.167. The number of hydrogen-bond acceptors (Lipinski definition) is 7. The summed E-state index contributed by atoms with van der Waals surface area (Å²) in [5, 5.41) is 23.1. The number of fused-ring (bicyclic) bond motifs is 1. The molecule has 7 nitrogen and oxygen atoms in total. The number of carbonyl (C=O) groups is 2. The van der Waals surface area contributed by atoms with Crippen LogP contribution in [0.5, 0.6) is 17.2 Å². The van der Waals surface area contributed by atoms with Crippen LogP contribution in [0.15, 0.2) is 65.6 Å². The number of likely N-dealkylation sites (tertiary alicyclic amines) is 1. The van der Waals surface area contributed by atoms with Gasteiger partial charge in [0.2, 0.25) is 0 Å². The summed E-state index contributed by atoms with van der Waals surface area (Å²) in [5.41, 5.74) is 0.835. The number of phenolic OH excluding ortho intramolecular Hbond substituents is 1. The van der Waals surface area contributed by atoms with Gasteiger partial charge in [-0.1, -0.05) is 18.2 Å². The molecule has 1 atom stereocenters. The van der Waals surface area contributed by atoms with E-state index in [1.54, 1.807) is 30.3 Å². The van der Waals surface area contributed by atoms with Gasteiger partial charge in [0.15, 0.2) is 11.5 Å². The number of amides is 1. The molecule has 1 unspecified atom stereocenters. The van der Waals surface area contributed by atoms with Gasteiger partial charge in [0.1, 0.15) is 24.7 Å². The number of aromatic hydroxyl groups is 1. The fourth-order valence-corrected chi connectivity index (χ4v) is 4.70. The zero-order valence-electron chi connectivity index (χ0n) is 16.9. The molecule has 5 rings (SSSR count). The number of ketones is 1. The average Bonchev–Trinajstić information content (AvgIpc) is 3.41. The van der Waals surface area contributed by atoms with Crippen molar-refractivity contribution in [3.05, 3.63) is 81.6 Å². The van der Waals surface area contributed by atoms with Gasteiger partial charge in [0, 0.05) is 10.4 Å². The van der Waals surface area contributed by atoms with Gasteiger partial charge >= 0.3 is 0 Å². The molecule has 0 spiro atoms. The van der Waals surface area contributed by atoms with E-state index in [0.717, 1.165) is 4.88 Å². The Morgan fingerprint density at radius 3 is 2.59 bits per heavy atom. The molecule has 3 heterocycles. The zero-order chi connectivity index (χ0) is 22.2. The first-order chi connectivity index (χ1) is 15.5. The van der Waals surface area contributed by atoms with Crippen molar-refractivity contribution in [1.29, 1.82) is 0 Å². The highest BCUT2D eigenvalue weighted by atomic mass is 32.1. The number of aliphatic hydroxyl groups excluding tert-OH is 1. The molecule has 162 valence electrons. The van der Waals surface area contributed by atoms with Gasteiger partial charge < -0.3 is 24.6 Å². The molecule has 0 saturated carbocycles. The smallest absolute Gasteiger partial charge is 0.295 e. The van der Waals surface area contributed by atoms with E-state index in [9.17, 15) is 19.8 Å². The van der Waals surface area contributed by atoms with Crippen molar-refractivity contribution in [2.24, 2.45) is 0 Å². The summed E-state index contributed by atoms with van der Waals surface area (Å²) in [6.45, 7) is 1.02. The number of phenols is 1. The largest absolute Gasteiger partial charge is 0.508 e. The molecule has 8 heteroatoms. The number of benzene rings is 2. The standard InChI is InChI=1S/C24H19NO6S/c26-16-4-1-3-14(11-16)21-20(23(28)24(29)25(21)13-17-5-2-10-32-17)22(27)15-6-7-18-19(12-15)31-9-8-30-18/h1-7,10-12,21,26-27H,8-9,13H2/b22-20-. The highest BCUT2D eigenvalue weighted by Gasteiger charge is 2.46. The molecule has 1 saturated heterocycles. The van der Waals surface area contributed by atoms with Crippen molar-refractivity contribution in [3.8, 4) is 17.2 Å². The molecule has 1 aromatic heterocycles. The Labute approximate surface area is 187 Å². The summed E-state index contributed by atoms with van der Waals surface area (Å²) in [4.78, 5) is 28.4. The lowest BCUT2D eigenvalue weighted by molar-refractivity contribution is -0.140. The molecule has 0 radical (unpaired) electrons. The molecule has 1 fully saturated rings. The quantitative estimate of drug-likeness (QED) is 0.357. The summed E-state index contributed by atoms with van der Waals surface area (Å²) in [6.07, 6.45) is 0. The molecule has 32 heavy (non-hydrogen) atoms. The highest BCUT2D eigenvalue weighted by molar-refractivity contribution is 7.09. The van der Waals surface area contributed by atoms with E-state index in [-0.39, 0.29) is 23.6 Å². The second-order valence-corrected chi connectivity index (χ2v) is 8.49. The predicted octanol–water partition coefficient (Wildman–Crippen LogP) is 3.85. The van der Waals surface area contributed by atoms with Crippen LogP contribution in [-0.4, -0.2) is 40.0 Å². The minimum Gasteiger partial charge on any atom is -0.508 e. The molecule has 3 aromatic rings. The van der Waals surface area contributed by atoms with Crippen LogP contribution in [-0.2, 0) is 16.1 Å². The first-order valence-electron chi connectivity index (χ1n) is 10.0. The molecule has 0 aliphatic carbocycles. The number of carbonyl (C=O) groups excluding carboxylic acids is 2. The van der Waals surface area contributed by atoms with Crippen molar-refractivity contribution in [3.63, 3.8) is 0 Å². The zero-order valence-corrected chi connectivity index (χ0v) is 17.7. The van der Waals surface area contributed by atoms with Crippen molar-refractivity contribution in [1.82, 2.24) is 4.90 Å². The van der Waals surface area contributed by atoms with Crippen molar-refractivity contribution >= 4 is 28.8 Å². The average molecular weight is 449 g/mol. The van der Waals surface area contributed by atoms with E-state index in [2.05, 4.69) is 0 Å². The van der Waals surface area contributed by atoms with Gasteiger partial charge in [0.25, 0.3) is 11.7 Å². The maximum atomic E-state index is 13.1. The molecular formula is C24H19NO6S. The van der Waals surface area contributed by atoms with E-state index in [1.165, 1.54) is 28.4 Å². The molecule has 2 N–H and O–H groups in total. The maximum absolute atomic E-state index is 13.1. The van der Waals surface area contributed by atoms with Crippen LogP contribution in [0.3, 0.4) is 0 Å². The number of hydrogen-bond donors (Lipinski definition) is 2. The third-order valence-corrected chi connectivity index (χ3v) is 6.31. The van der Waals surface area contributed by atoms with Crippen LogP contribution in [0.25, 0.3) is 5.76 Å². The summed E-state index contributed by atoms with van der Waals surface area (Å²) >= 11 is 1.47. The third kappa shape index (κ3) is 3.48. The molecule has 0 bridgehead atoms. The number of ether oxygens (including phenoxy) is 2. The van der Waals surface area contributed by atoms with E-state index in [4.69, 9.17) is 9.47 Å². The SMILES string of the molecule is O=C1C(=O)N(Cc2cccs2)C(c2cccc(O)c2)/C1=C(/O)c1ccc2c(c1)OCCO2. The van der Waals surface area contributed by atoms with Crippen molar-refractivity contribution < 1.29 is 29.3 Å². The normalized spacial score (nSPS) is 19.4. The molecular weight excluding hydrogens is 430 g/mol. The molecule has 2 aliphatic heterocycles. The monoisotopic (exact) mass is 449 g/mol. The van der Waals surface area contributed by atoms with E-state index < -0.39 is 17.7 Å². The lowest BCUT2D eigenvalue weighted by atomic mass is 9.95. The second-order valence-electron chi connectivity index (χ2n) is 7.46. The van der Waals surface area contributed by atoms with Gasteiger partial charge in [-0.25, -0.2) is 0 Å². The van der Waals surface area contributed by atoms with Crippen LogP contribution in [0.4, 0.5) is 0 Å². The lowest BCUT2D eigenvalue weighted by Crippen LogP contribution is -2.28. The molecule has 2 aliphatic rings. The van der Waals surface area contributed by atoms with E-state index in [0.29, 0.717) is 35.8 Å². The van der Waals surface area contributed by atoms with Gasteiger partial charge in [-0.2, -0.15) is 0 Å². The number of rotatable bonds is 4. The maximum Gasteiger partial charge on any atom is 0.295 e. The first kappa shape index (κ1) is 20.1. The van der Waals surface area contributed by atoms with Crippen LogP contribution in [0, 0.1) is 0 Å². The summed E-state index contributed by atoms with van der Waals surface area (Å²) in [6, 6.07) is 14.1. The number of thiophene rings is 1. The Morgan fingerprint density at radius 1 is 1.03 bits per heavy atom. The number of Topliss-reactive ketones (excluding diaryl/α,β-unsaturated/α-hetero) is 1. The number of nitrogens with zero attached hydrogens (tertiary/aromatic N) is 1. The number of aliphatic hydroxyl groups is 1. The predicted molar refractivity (Wildman–Crippen MR) is 118 cm³/mol. The highest BCUT2D eigenvalue weighted by Crippen LogP contribution is 2.42. The first-order valence-corrected chi connectivity index (χ1v) is 10.9. The van der Waals surface area contributed by atoms with Crippen molar-refractivity contribution in [2.45, 2.75) is 12.6 Å². The van der Waals surface area contributed by atoms with Gasteiger partial charge in [-0.3, -0.25) is 9.59 Å². The van der Waals surface area contributed by atoms with Crippen LogP contribution < -0.4 is 9.47 Å². The van der Waals surface area contributed by atoms with Crippen molar-refractivity contribution in [2.75, 3.05) is 13.2 Å². The van der Waals surface area contributed by atoms with Gasteiger partial charge in [-0.05, 0) is 47.3 Å². The van der Waals surface area contributed by atoms with E-state index in [1.807, 2.05) is 17.5 Å². The fourth-order valence-electron chi connectivity index (χ4n) is 4.00. The summed E-state index contributed by atoms with van der Waals surface area (Å²) in [7, 11) is 0. The van der Waals surface area contributed by atoms with Gasteiger partial charge in [0.05, 0.1) is 18.2 Å². The Morgan fingerprint density at radius 2 is 1.84 bits per heavy atom. The molecule has 2 aromatic carbocycles. The Bertz CT molecular complexity index is 1230. The molecule has 1 amide bonds. The van der Waals surface area contributed by atoms with Crippen LogP contribution >= 0.6 is 11.3 Å². The lowest BCUT2D eigenvalue weighted by Gasteiger charge is -2.25. The topological polar surface area (TPSA) is 96.3 Å². The third-order valence-electron chi connectivity index (χ3n) is 5.45.